The Balaban J connectivity index is 1.43. The van der Waals surface area contributed by atoms with Gasteiger partial charge in [-0.15, -0.1) is 0 Å². The summed E-state index contributed by atoms with van der Waals surface area (Å²) >= 11 is 0. The Hall–Kier alpha value is -2.69. The SMILES string of the molecule is CCCCCCCCCNc1ccc(N=Nc2ccc(C(=O)O[C@@H]3C[C@H](C)CC[C@H]3C(C)C)cc2)cc1. The third-order valence-electron chi connectivity index (χ3n) is 7.58. The molecule has 1 fully saturated rings. The van der Waals surface area contributed by atoms with Crippen LogP contribution in [0.2, 0.25) is 0 Å². The number of nitrogens with zero attached hydrogens (tertiary/aromatic N) is 2. The molecular formula is C32H47N3O2. The van der Waals surface area contributed by atoms with Crippen molar-refractivity contribution in [1.82, 2.24) is 0 Å². The van der Waals surface area contributed by atoms with Crippen molar-refractivity contribution in [3.63, 3.8) is 0 Å². The van der Waals surface area contributed by atoms with E-state index in [4.69, 9.17) is 4.74 Å². The molecule has 3 rings (SSSR count). The lowest BCUT2D eigenvalue weighted by Crippen LogP contribution is -2.35. The van der Waals surface area contributed by atoms with Crippen molar-refractivity contribution in [2.45, 2.75) is 98.0 Å². The largest absolute Gasteiger partial charge is 0.458 e. The molecule has 0 bridgehead atoms. The van der Waals surface area contributed by atoms with Gasteiger partial charge in [-0.3, -0.25) is 0 Å². The molecule has 0 spiro atoms. The number of carbonyl (C=O) groups is 1. The van der Waals surface area contributed by atoms with E-state index in [1.807, 2.05) is 36.4 Å². The molecule has 0 amide bonds. The molecule has 1 aliphatic rings. The molecular weight excluding hydrogens is 458 g/mol. The summed E-state index contributed by atoms with van der Waals surface area (Å²) in [5, 5.41) is 12.2. The van der Waals surface area contributed by atoms with Crippen LogP contribution < -0.4 is 5.32 Å². The minimum atomic E-state index is -0.243. The Kier molecular flexibility index (Phi) is 12.1. The summed E-state index contributed by atoms with van der Waals surface area (Å²) in [4.78, 5) is 12.8. The fourth-order valence-corrected chi connectivity index (χ4v) is 5.20. The van der Waals surface area contributed by atoms with Crippen LogP contribution in [0.25, 0.3) is 0 Å². The number of hydrogen-bond donors (Lipinski definition) is 1. The molecule has 2 aromatic carbocycles. The minimum Gasteiger partial charge on any atom is -0.458 e. The standard InChI is InChI=1S/C32H47N3O2/c1-5-6-7-8-9-10-11-22-33-27-17-19-29(20-18-27)35-34-28-15-13-26(14-16-28)32(36)37-31-23-25(4)12-21-30(31)24(2)3/h13-20,24-25,30-31,33H,5-12,21-23H2,1-4H3/t25-,30+,31-/m1/s1. The topological polar surface area (TPSA) is 63.0 Å². The number of esters is 1. The number of rotatable bonds is 14. The normalized spacial score (nSPS) is 19.9. The van der Waals surface area contributed by atoms with Gasteiger partial charge < -0.3 is 10.1 Å². The first-order chi connectivity index (χ1) is 18.0. The van der Waals surface area contributed by atoms with Crippen molar-refractivity contribution in [3.8, 4) is 0 Å². The smallest absolute Gasteiger partial charge is 0.338 e. The highest BCUT2D eigenvalue weighted by Crippen LogP contribution is 2.35. The number of nitrogens with one attached hydrogen (secondary N) is 1. The molecule has 0 saturated heterocycles. The van der Waals surface area contributed by atoms with Gasteiger partial charge >= 0.3 is 5.97 Å². The van der Waals surface area contributed by atoms with Gasteiger partial charge in [-0.1, -0.05) is 72.6 Å². The van der Waals surface area contributed by atoms with Gasteiger partial charge in [-0.05, 0) is 85.5 Å². The second-order valence-corrected chi connectivity index (χ2v) is 11.1. The van der Waals surface area contributed by atoms with Crippen LogP contribution in [0, 0.1) is 17.8 Å². The van der Waals surface area contributed by atoms with Crippen LogP contribution in [-0.2, 0) is 4.74 Å². The molecule has 5 nitrogen and oxygen atoms in total. The average Bonchev–Trinajstić information content (AvgIpc) is 2.90. The van der Waals surface area contributed by atoms with Crippen LogP contribution in [-0.4, -0.2) is 18.6 Å². The number of azo groups is 1. The highest BCUT2D eigenvalue weighted by Gasteiger charge is 2.33. The molecule has 0 unspecified atom stereocenters. The lowest BCUT2D eigenvalue weighted by molar-refractivity contribution is -0.0174. The van der Waals surface area contributed by atoms with Gasteiger partial charge in [-0.25, -0.2) is 4.79 Å². The number of benzene rings is 2. The monoisotopic (exact) mass is 505 g/mol. The second kappa shape index (κ2) is 15.5. The van der Waals surface area contributed by atoms with Gasteiger partial charge in [0.2, 0.25) is 0 Å². The molecule has 37 heavy (non-hydrogen) atoms. The number of anilines is 1. The molecule has 1 N–H and O–H groups in total. The summed E-state index contributed by atoms with van der Waals surface area (Å²) in [5.74, 6) is 1.32. The second-order valence-electron chi connectivity index (χ2n) is 11.1. The molecule has 0 aromatic heterocycles. The number of ether oxygens (including phenoxy) is 1. The molecule has 0 radical (unpaired) electrons. The fraction of sp³-hybridized carbons (Fsp3) is 0.594. The zero-order valence-corrected chi connectivity index (χ0v) is 23.4. The van der Waals surface area contributed by atoms with E-state index in [1.54, 1.807) is 12.1 Å². The van der Waals surface area contributed by atoms with Gasteiger partial charge in [0.25, 0.3) is 0 Å². The van der Waals surface area contributed by atoms with E-state index in [2.05, 4.69) is 43.2 Å². The number of unbranched alkanes of at least 4 members (excludes halogenated alkanes) is 6. The van der Waals surface area contributed by atoms with E-state index < -0.39 is 0 Å². The van der Waals surface area contributed by atoms with Crippen LogP contribution in [0.3, 0.4) is 0 Å². The van der Waals surface area contributed by atoms with Gasteiger partial charge in [0, 0.05) is 12.2 Å². The number of carbonyl (C=O) groups excluding carboxylic acids is 1. The maximum atomic E-state index is 12.8. The highest BCUT2D eigenvalue weighted by atomic mass is 16.5. The van der Waals surface area contributed by atoms with Crippen molar-refractivity contribution in [1.29, 1.82) is 0 Å². The van der Waals surface area contributed by atoms with Gasteiger partial charge in [-0.2, -0.15) is 10.2 Å². The van der Waals surface area contributed by atoms with E-state index in [-0.39, 0.29) is 12.1 Å². The predicted molar refractivity (Wildman–Crippen MR) is 154 cm³/mol. The summed E-state index contributed by atoms with van der Waals surface area (Å²) in [5.41, 5.74) is 3.19. The fourth-order valence-electron chi connectivity index (χ4n) is 5.20. The predicted octanol–water partition coefficient (Wildman–Crippen LogP) is 9.88. The molecule has 202 valence electrons. The van der Waals surface area contributed by atoms with Crippen molar-refractivity contribution in [2.24, 2.45) is 28.0 Å². The van der Waals surface area contributed by atoms with E-state index in [9.17, 15) is 4.79 Å². The van der Waals surface area contributed by atoms with Crippen LogP contribution in [0.1, 0.15) is 102 Å². The van der Waals surface area contributed by atoms with E-state index >= 15 is 0 Å². The third kappa shape index (κ3) is 9.94. The maximum absolute atomic E-state index is 12.8. The highest BCUT2D eigenvalue weighted by molar-refractivity contribution is 5.89. The molecule has 1 aliphatic carbocycles. The lowest BCUT2D eigenvalue weighted by Gasteiger charge is -2.36. The number of hydrogen-bond acceptors (Lipinski definition) is 5. The molecule has 1 saturated carbocycles. The molecule has 3 atom stereocenters. The van der Waals surface area contributed by atoms with E-state index in [1.165, 1.54) is 51.4 Å². The van der Waals surface area contributed by atoms with Crippen LogP contribution in [0.5, 0.6) is 0 Å². The Morgan fingerprint density at radius 3 is 2.11 bits per heavy atom. The van der Waals surface area contributed by atoms with Crippen molar-refractivity contribution >= 4 is 23.0 Å². The van der Waals surface area contributed by atoms with E-state index in [0.29, 0.717) is 29.0 Å². The summed E-state index contributed by atoms with van der Waals surface area (Å²) in [7, 11) is 0. The Labute approximate surface area is 224 Å². The van der Waals surface area contributed by atoms with E-state index in [0.717, 1.165) is 30.8 Å². The van der Waals surface area contributed by atoms with Gasteiger partial charge in [0.05, 0.1) is 16.9 Å². The summed E-state index contributed by atoms with van der Waals surface area (Å²) < 4.78 is 5.96. The first kappa shape index (κ1) is 28.9. The molecule has 0 aliphatic heterocycles. The Bertz CT molecular complexity index is 953. The minimum absolute atomic E-state index is 0.00336. The first-order valence-electron chi connectivity index (χ1n) is 14.5. The quantitative estimate of drug-likeness (QED) is 0.158. The van der Waals surface area contributed by atoms with Gasteiger partial charge in [0.15, 0.2) is 0 Å². The lowest BCUT2D eigenvalue weighted by atomic mass is 9.75. The average molecular weight is 506 g/mol. The summed E-state index contributed by atoms with van der Waals surface area (Å²) in [6.07, 6.45) is 12.5. The molecule has 2 aromatic rings. The first-order valence-corrected chi connectivity index (χ1v) is 14.5. The molecule has 0 heterocycles. The van der Waals surface area contributed by atoms with Crippen molar-refractivity contribution in [3.05, 3.63) is 54.1 Å². The molecule has 5 heteroatoms. The van der Waals surface area contributed by atoms with Crippen LogP contribution in [0.15, 0.2) is 58.8 Å². The summed E-state index contributed by atoms with van der Waals surface area (Å²) in [6, 6.07) is 15.2. The van der Waals surface area contributed by atoms with Crippen molar-refractivity contribution in [2.75, 3.05) is 11.9 Å². The van der Waals surface area contributed by atoms with Gasteiger partial charge in [0.1, 0.15) is 6.10 Å². The van der Waals surface area contributed by atoms with Crippen LogP contribution in [0.4, 0.5) is 17.1 Å². The maximum Gasteiger partial charge on any atom is 0.338 e. The zero-order chi connectivity index (χ0) is 26.5. The third-order valence-corrected chi connectivity index (χ3v) is 7.58. The van der Waals surface area contributed by atoms with Crippen LogP contribution >= 0.6 is 0 Å². The summed E-state index contributed by atoms with van der Waals surface area (Å²) in [6.45, 7) is 9.96. The zero-order valence-electron chi connectivity index (χ0n) is 23.4. The van der Waals surface area contributed by atoms with Crippen molar-refractivity contribution < 1.29 is 9.53 Å². The Morgan fingerprint density at radius 1 is 0.892 bits per heavy atom. The Morgan fingerprint density at radius 2 is 1.49 bits per heavy atom.